The Kier molecular flexibility index (Phi) is 3.76. The SMILES string of the molecule is CC1CN(c2nccc(C(=O)O)c2F)CCCO1. The Hall–Kier alpha value is -1.69. The van der Waals surface area contributed by atoms with Crippen LogP contribution >= 0.6 is 0 Å². The number of aromatic carboxylic acids is 1. The highest BCUT2D eigenvalue weighted by molar-refractivity contribution is 5.88. The molecule has 0 amide bonds. The molecule has 18 heavy (non-hydrogen) atoms. The number of pyridine rings is 1. The zero-order valence-corrected chi connectivity index (χ0v) is 10.1. The number of hydrogen-bond donors (Lipinski definition) is 1. The number of carboxylic acids is 1. The van der Waals surface area contributed by atoms with E-state index in [4.69, 9.17) is 9.84 Å². The Bertz CT molecular complexity index is 453. The lowest BCUT2D eigenvalue weighted by molar-refractivity contribution is 0.0691. The topological polar surface area (TPSA) is 62.7 Å². The van der Waals surface area contributed by atoms with Gasteiger partial charge in [0.25, 0.3) is 0 Å². The summed E-state index contributed by atoms with van der Waals surface area (Å²) in [5, 5.41) is 8.89. The fourth-order valence-corrected chi connectivity index (χ4v) is 2.00. The maximum Gasteiger partial charge on any atom is 0.338 e. The molecule has 1 fully saturated rings. The second kappa shape index (κ2) is 5.30. The van der Waals surface area contributed by atoms with Gasteiger partial charge in [-0.2, -0.15) is 0 Å². The zero-order valence-electron chi connectivity index (χ0n) is 10.1. The molecule has 6 heteroatoms. The second-order valence-corrected chi connectivity index (χ2v) is 4.28. The molecule has 1 aliphatic heterocycles. The molecule has 1 saturated heterocycles. The molecule has 1 aromatic heterocycles. The summed E-state index contributed by atoms with van der Waals surface area (Å²) in [5.74, 6) is -1.97. The minimum Gasteiger partial charge on any atom is -0.478 e. The molecule has 1 atom stereocenters. The highest BCUT2D eigenvalue weighted by Gasteiger charge is 2.22. The van der Waals surface area contributed by atoms with E-state index >= 15 is 0 Å². The highest BCUT2D eigenvalue weighted by Crippen LogP contribution is 2.21. The van der Waals surface area contributed by atoms with Crippen LogP contribution in [0, 0.1) is 5.82 Å². The van der Waals surface area contributed by atoms with Crippen molar-refractivity contribution >= 4 is 11.8 Å². The van der Waals surface area contributed by atoms with Gasteiger partial charge in [-0.15, -0.1) is 0 Å². The third-order valence-electron chi connectivity index (χ3n) is 2.85. The van der Waals surface area contributed by atoms with Crippen LogP contribution in [0.25, 0.3) is 0 Å². The third kappa shape index (κ3) is 2.59. The van der Waals surface area contributed by atoms with Gasteiger partial charge in [0.2, 0.25) is 0 Å². The Balaban J connectivity index is 2.32. The lowest BCUT2D eigenvalue weighted by Crippen LogP contribution is -2.32. The van der Waals surface area contributed by atoms with Crippen LogP contribution in [-0.4, -0.2) is 41.9 Å². The zero-order chi connectivity index (χ0) is 13.1. The van der Waals surface area contributed by atoms with Crippen molar-refractivity contribution in [2.45, 2.75) is 19.4 Å². The lowest BCUT2D eigenvalue weighted by Gasteiger charge is -2.23. The fourth-order valence-electron chi connectivity index (χ4n) is 2.00. The normalized spacial score (nSPS) is 20.6. The summed E-state index contributed by atoms with van der Waals surface area (Å²) in [5.41, 5.74) is -0.349. The summed E-state index contributed by atoms with van der Waals surface area (Å²) in [6.07, 6.45) is 2.06. The Labute approximate surface area is 104 Å². The van der Waals surface area contributed by atoms with Crippen LogP contribution < -0.4 is 4.90 Å². The molecule has 1 unspecified atom stereocenters. The molecule has 1 aromatic rings. The van der Waals surface area contributed by atoms with E-state index in [1.807, 2.05) is 6.92 Å². The van der Waals surface area contributed by atoms with E-state index in [0.29, 0.717) is 19.7 Å². The minimum atomic E-state index is -1.28. The first-order valence-corrected chi connectivity index (χ1v) is 5.84. The largest absolute Gasteiger partial charge is 0.478 e. The van der Waals surface area contributed by atoms with Crippen molar-refractivity contribution in [2.24, 2.45) is 0 Å². The van der Waals surface area contributed by atoms with Gasteiger partial charge < -0.3 is 14.7 Å². The average molecular weight is 254 g/mol. The van der Waals surface area contributed by atoms with E-state index in [-0.39, 0.29) is 17.5 Å². The molecular formula is C12H15FN2O3. The molecule has 2 heterocycles. The van der Waals surface area contributed by atoms with Gasteiger partial charge in [0, 0.05) is 25.9 Å². The summed E-state index contributed by atoms with van der Waals surface area (Å²) in [4.78, 5) is 16.6. The van der Waals surface area contributed by atoms with Crippen molar-refractivity contribution in [3.05, 3.63) is 23.6 Å². The number of halogens is 1. The van der Waals surface area contributed by atoms with Crippen LogP contribution in [0.4, 0.5) is 10.2 Å². The van der Waals surface area contributed by atoms with Crippen LogP contribution in [0.15, 0.2) is 12.3 Å². The minimum absolute atomic E-state index is 0.0258. The van der Waals surface area contributed by atoms with Gasteiger partial charge in [-0.3, -0.25) is 0 Å². The van der Waals surface area contributed by atoms with Crippen molar-refractivity contribution in [2.75, 3.05) is 24.6 Å². The number of rotatable bonds is 2. The number of carbonyl (C=O) groups is 1. The molecule has 0 saturated carbocycles. The maximum absolute atomic E-state index is 14.0. The molecule has 0 bridgehead atoms. The average Bonchev–Trinajstić information content (AvgIpc) is 2.53. The number of aromatic nitrogens is 1. The van der Waals surface area contributed by atoms with Gasteiger partial charge in [0.05, 0.1) is 6.10 Å². The summed E-state index contributed by atoms with van der Waals surface area (Å²) in [6.45, 7) is 3.64. The fraction of sp³-hybridized carbons (Fsp3) is 0.500. The molecule has 0 aromatic carbocycles. The first-order valence-electron chi connectivity index (χ1n) is 5.84. The molecular weight excluding hydrogens is 239 g/mol. The number of anilines is 1. The first-order chi connectivity index (χ1) is 8.59. The van der Waals surface area contributed by atoms with Crippen molar-refractivity contribution < 1.29 is 19.0 Å². The number of hydrogen-bond acceptors (Lipinski definition) is 4. The predicted molar refractivity (Wildman–Crippen MR) is 63.4 cm³/mol. The van der Waals surface area contributed by atoms with Gasteiger partial charge in [-0.05, 0) is 19.4 Å². The molecule has 1 N–H and O–H groups in total. The predicted octanol–water partition coefficient (Wildman–Crippen LogP) is 1.53. The lowest BCUT2D eigenvalue weighted by atomic mass is 10.2. The third-order valence-corrected chi connectivity index (χ3v) is 2.85. The van der Waals surface area contributed by atoms with Gasteiger partial charge in [0.1, 0.15) is 5.56 Å². The second-order valence-electron chi connectivity index (χ2n) is 4.28. The van der Waals surface area contributed by atoms with Crippen LogP contribution in [0.3, 0.4) is 0 Å². The van der Waals surface area contributed by atoms with Crippen LogP contribution in [0.5, 0.6) is 0 Å². The van der Waals surface area contributed by atoms with Crippen LogP contribution in [-0.2, 0) is 4.74 Å². The number of carboxylic acid groups (broad SMARTS) is 1. The molecule has 98 valence electrons. The van der Waals surface area contributed by atoms with Crippen LogP contribution in [0.2, 0.25) is 0 Å². The molecule has 0 spiro atoms. The molecule has 1 aliphatic rings. The standard InChI is InChI=1S/C12H15FN2O3/c1-8-7-15(5-2-6-18-8)11-10(13)9(12(16)17)3-4-14-11/h3-4,8H,2,5-7H2,1H3,(H,16,17). The van der Waals surface area contributed by atoms with Gasteiger partial charge in [-0.25, -0.2) is 14.2 Å². The van der Waals surface area contributed by atoms with E-state index < -0.39 is 11.8 Å². The number of ether oxygens (including phenoxy) is 1. The summed E-state index contributed by atoms with van der Waals surface area (Å²) in [7, 11) is 0. The van der Waals surface area contributed by atoms with Crippen molar-refractivity contribution in [1.29, 1.82) is 0 Å². The molecule has 5 nitrogen and oxygen atoms in total. The molecule has 0 aliphatic carbocycles. The van der Waals surface area contributed by atoms with Gasteiger partial charge in [0.15, 0.2) is 11.6 Å². The highest BCUT2D eigenvalue weighted by atomic mass is 19.1. The van der Waals surface area contributed by atoms with E-state index in [1.165, 1.54) is 12.3 Å². The van der Waals surface area contributed by atoms with Crippen molar-refractivity contribution in [3.8, 4) is 0 Å². The summed E-state index contributed by atoms with van der Waals surface area (Å²) in [6, 6.07) is 1.17. The first kappa shape index (κ1) is 12.8. The maximum atomic E-state index is 14.0. The van der Waals surface area contributed by atoms with E-state index in [0.717, 1.165) is 6.42 Å². The summed E-state index contributed by atoms with van der Waals surface area (Å²) < 4.78 is 19.5. The Morgan fingerprint density at radius 2 is 2.44 bits per heavy atom. The monoisotopic (exact) mass is 254 g/mol. The smallest absolute Gasteiger partial charge is 0.338 e. The Morgan fingerprint density at radius 1 is 1.67 bits per heavy atom. The quantitative estimate of drug-likeness (QED) is 0.867. The number of nitrogens with zero attached hydrogens (tertiary/aromatic N) is 2. The van der Waals surface area contributed by atoms with Gasteiger partial charge in [-0.1, -0.05) is 0 Å². The van der Waals surface area contributed by atoms with E-state index in [2.05, 4.69) is 4.98 Å². The van der Waals surface area contributed by atoms with E-state index in [1.54, 1.807) is 4.90 Å². The molecule has 0 radical (unpaired) electrons. The summed E-state index contributed by atoms with van der Waals surface area (Å²) >= 11 is 0. The van der Waals surface area contributed by atoms with E-state index in [9.17, 15) is 9.18 Å². The molecule has 2 rings (SSSR count). The Morgan fingerprint density at radius 3 is 3.17 bits per heavy atom. The van der Waals surface area contributed by atoms with Crippen molar-refractivity contribution in [3.63, 3.8) is 0 Å². The van der Waals surface area contributed by atoms with Crippen LogP contribution in [0.1, 0.15) is 23.7 Å². The van der Waals surface area contributed by atoms with Gasteiger partial charge >= 0.3 is 5.97 Å². The van der Waals surface area contributed by atoms with Crippen molar-refractivity contribution in [1.82, 2.24) is 4.98 Å².